The zero-order valence-corrected chi connectivity index (χ0v) is 17.8. The van der Waals surface area contributed by atoms with Gasteiger partial charge in [-0.2, -0.15) is 5.10 Å². The van der Waals surface area contributed by atoms with Crippen molar-refractivity contribution in [3.63, 3.8) is 0 Å². The van der Waals surface area contributed by atoms with Crippen LogP contribution in [0.15, 0.2) is 24.3 Å². The molecule has 3 heterocycles. The van der Waals surface area contributed by atoms with Crippen LogP contribution in [0.1, 0.15) is 40.9 Å². The van der Waals surface area contributed by atoms with Gasteiger partial charge in [0, 0.05) is 32.1 Å². The van der Waals surface area contributed by atoms with Crippen molar-refractivity contribution in [2.45, 2.75) is 57.2 Å². The van der Waals surface area contributed by atoms with E-state index in [1.54, 1.807) is 28.9 Å². The standard InChI is InChI=1S/C23H27F2N3O4/c24-21(25)8-15-3-4-20-16(7-15)9-17(12-31-20)26-23(29)19-10-22-28(27-19)6-5-18(32-22)13-30-11-14-1-2-14/h3-4,7,10,14,17-18,21H,1-2,5-6,8-9,11-13H2,(H,26,29). The molecule has 2 unspecified atom stereocenters. The Morgan fingerprint density at radius 1 is 1.25 bits per heavy atom. The van der Waals surface area contributed by atoms with Crippen molar-refractivity contribution in [3.8, 4) is 11.6 Å². The molecule has 2 atom stereocenters. The molecule has 1 saturated carbocycles. The maximum Gasteiger partial charge on any atom is 0.272 e. The second-order valence-electron chi connectivity index (χ2n) is 8.82. The lowest BCUT2D eigenvalue weighted by Crippen LogP contribution is -2.43. The van der Waals surface area contributed by atoms with Gasteiger partial charge in [0.2, 0.25) is 12.3 Å². The van der Waals surface area contributed by atoms with E-state index < -0.39 is 6.43 Å². The summed E-state index contributed by atoms with van der Waals surface area (Å²) in [5, 5.41) is 7.32. The highest BCUT2D eigenvalue weighted by Crippen LogP contribution is 2.30. The molecule has 0 spiro atoms. The lowest BCUT2D eigenvalue weighted by molar-refractivity contribution is 0.0221. The summed E-state index contributed by atoms with van der Waals surface area (Å²) < 4.78 is 44.5. The zero-order valence-electron chi connectivity index (χ0n) is 17.8. The van der Waals surface area contributed by atoms with E-state index in [2.05, 4.69) is 10.4 Å². The molecule has 0 saturated heterocycles. The summed E-state index contributed by atoms with van der Waals surface area (Å²) in [4.78, 5) is 12.8. The molecule has 1 amide bonds. The average Bonchev–Trinajstić information content (AvgIpc) is 3.49. The second kappa shape index (κ2) is 9.05. The minimum Gasteiger partial charge on any atom is -0.491 e. The molecule has 1 aromatic carbocycles. The summed E-state index contributed by atoms with van der Waals surface area (Å²) in [6.45, 7) is 2.34. The third-order valence-corrected chi connectivity index (χ3v) is 6.04. The summed E-state index contributed by atoms with van der Waals surface area (Å²) in [7, 11) is 0. The molecule has 0 bridgehead atoms. The SMILES string of the molecule is O=C(NC1COc2ccc(CC(F)F)cc2C1)c1cc2n(n1)CCC(COCC1CC1)O2. The number of halogens is 2. The molecule has 1 aliphatic carbocycles. The first kappa shape index (κ1) is 21.2. The number of carbonyl (C=O) groups is 1. The van der Waals surface area contributed by atoms with Crippen molar-refractivity contribution in [3.05, 3.63) is 41.1 Å². The van der Waals surface area contributed by atoms with Gasteiger partial charge in [-0.15, -0.1) is 0 Å². The van der Waals surface area contributed by atoms with Crippen LogP contribution < -0.4 is 14.8 Å². The van der Waals surface area contributed by atoms with Gasteiger partial charge in [0.05, 0.1) is 12.6 Å². The maximum atomic E-state index is 12.8. The number of benzene rings is 1. The molecule has 0 radical (unpaired) electrons. The Morgan fingerprint density at radius 2 is 2.12 bits per heavy atom. The number of amides is 1. The molecule has 2 aliphatic heterocycles. The van der Waals surface area contributed by atoms with E-state index >= 15 is 0 Å². The molecule has 5 rings (SSSR count). The first-order valence-corrected chi connectivity index (χ1v) is 11.2. The number of rotatable bonds is 8. The highest BCUT2D eigenvalue weighted by atomic mass is 19.3. The van der Waals surface area contributed by atoms with Crippen molar-refractivity contribution in [1.82, 2.24) is 15.1 Å². The smallest absolute Gasteiger partial charge is 0.272 e. The summed E-state index contributed by atoms with van der Waals surface area (Å²) in [6.07, 6.45) is 1.09. The van der Waals surface area contributed by atoms with E-state index in [1.165, 1.54) is 12.8 Å². The lowest BCUT2D eigenvalue weighted by Gasteiger charge is -2.26. The van der Waals surface area contributed by atoms with Crippen LogP contribution in [0.5, 0.6) is 11.6 Å². The van der Waals surface area contributed by atoms with Gasteiger partial charge in [0.15, 0.2) is 5.69 Å². The van der Waals surface area contributed by atoms with Gasteiger partial charge in [-0.3, -0.25) is 4.79 Å². The Labute approximate surface area is 185 Å². The van der Waals surface area contributed by atoms with Gasteiger partial charge in [0.1, 0.15) is 18.5 Å². The summed E-state index contributed by atoms with van der Waals surface area (Å²) in [6, 6.07) is 6.50. The number of fused-ring (bicyclic) bond motifs is 2. The van der Waals surface area contributed by atoms with Crippen molar-refractivity contribution >= 4 is 5.91 Å². The molecule has 9 heteroatoms. The molecular weight excluding hydrogens is 420 g/mol. The van der Waals surface area contributed by atoms with Gasteiger partial charge in [-0.05, 0) is 42.4 Å². The number of alkyl halides is 2. The first-order chi connectivity index (χ1) is 15.5. The van der Waals surface area contributed by atoms with Crippen molar-refractivity contribution in [2.24, 2.45) is 5.92 Å². The molecule has 7 nitrogen and oxygen atoms in total. The molecular formula is C23H27F2N3O4. The fourth-order valence-corrected chi connectivity index (χ4v) is 4.13. The Bertz CT molecular complexity index is 976. The Hall–Kier alpha value is -2.68. The van der Waals surface area contributed by atoms with Gasteiger partial charge < -0.3 is 19.5 Å². The first-order valence-electron chi connectivity index (χ1n) is 11.2. The van der Waals surface area contributed by atoms with E-state index in [-0.39, 0.29) is 30.2 Å². The second-order valence-corrected chi connectivity index (χ2v) is 8.82. The summed E-state index contributed by atoms with van der Waals surface area (Å²) in [5.41, 5.74) is 1.67. The predicted molar refractivity (Wildman–Crippen MR) is 111 cm³/mol. The van der Waals surface area contributed by atoms with Crippen LogP contribution in [-0.2, 0) is 24.1 Å². The van der Waals surface area contributed by atoms with Gasteiger partial charge in [-0.1, -0.05) is 12.1 Å². The zero-order chi connectivity index (χ0) is 22.1. The number of nitrogens with zero attached hydrogens (tertiary/aromatic N) is 2. The largest absolute Gasteiger partial charge is 0.491 e. The predicted octanol–water partition coefficient (Wildman–Crippen LogP) is 3.00. The van der Waals surface area contributed by atoms with Crippen molar-refractivity contribution < 1.29 is 27.8 Å². The monoisotopic (exact) mass is 447 g/mol. The van der Waals surface area contributed by atoms with Gasteiger partial charge >= 0.3 is 0 Å². The molecule has 2 aromatic rings. The minimum atomic E-state index is -2.40. The molecule has 172 valence electrons. The number of carbonyl (C=O) groups excluding carboxylic acids is 1. The molecule has 1 N–H and O–H groups in total. The molecule has 3 aliphatic rings. The maximum absolute atomic E-state index is 12.8. The highest BCUT2D eigenvalue weighted by Gasteiger charge is 2.28. The van der Waals surface area contributed by atoms with Crippen LogP contribution in [0.4, 0.5) is 8.78 Å². The fraction of sp³-hybridized carbons (Fsp3) is 0.565. The molecule has 32 heavy (non-hydrogen) atoms. The van der Waals surface area contributed by atoms with Crippen LogP contribution in [0, 0.1) is 5.92 Å². The van der Waals surface area contributed by atoms with E-state index in [4.69, 9.17) is 14.2 Å². The number of hydrogen-bond donors (Lipinski definition) is 1. The number of ether oxygens (including phenoxy) is 3. The number of aryl methyl sites for hydroxylation is 1. The van der Waals surface area contributed by atoms with Crippen LogP contribution in [0.2, 0.25) is 0 Å². The van der Waals surface area contributed by atoms with E-state index in [9.17, 15) is 13.6 Å². The van der Waals surface area contributed by atoms with Crippen molar-refractivity contribution in [1.29, 1.82) is 0 Å². The third-order valence-electron chi connectivity index (χ3n) is 6.04. The minimum absolute atomic E-state index is 0.0282. The highest BCUT2D eigenvalue weighted by molar-refractivity contribution is 5.92. The topological polar surface area (TPSA) is 74.6 Å². The van der Waals surface area contributed by atoms with Crippen LogP contribution >= 0.6 is 0 Å². The third kappa shape index (κ3) is 5.03. The van der Waals surface area contributed by atoms with Gasteiger partial charge in [-0.25, -0.2) is 13.5 Å². The van der Waals surface area contributed by atoms with E-state index in [0.717, 1.165) is 18.6 Å². The average molecular weight is 447 g/mol. The Kier molecular flexibility index (Phi) is 5.99. The van der Waals surface area contributed by atoms with E-state index in [0.29, 0.717) is 49.3 Å². The van der Waals surface area contributed by atoms with Crippen LogP contribution in [0.3, 0.4) is 0 Å². The van der Waals surface area contributed by atoms with Gasteiger partial charge in [0.25, 0.3) is 5.91 Å². The number of nitrogens with one attached hydrogen (secondary N) is 1. The normalized spacial score (nSPS) is 22.0. The Morgan fingerprint density at radius 3 is 2.94 bits per heavy atom. The molecule has 1 fully saturated rings. The fourth-order valence-electron chi connectivity index (χ4n) is 4.13. The lowest BCUT2D eigenvalue weighted by atomic mass is 9.99. The van der Waals surface area contributed by atoms with Crippen LogP contribution in [0.25, 0.3) is 0 Å². The summed E-state index contributed by atoms with van der Waals surface area (Å²) in [5.74, 6) is 1.65. The Balaban J connectivity index is 1.17. The van der Waals surface area contributed by atoms with Crippen molar-refractivity contribution in [2.75, 3.05) is 19.8 Å². The number of hydrogen-bond acceptors (Lipinski definition) is 5. The van der Waals surface area contributed by atoms with Crippen LogP contribution in [-0.4, -0.2) is 54.1 Å². The van der Waals surface area contributed by atoms with E-state index in [1.807, 2.05) is 0 Å². The molecule has 1 aromatic heterocycles. The summed E-state index contributed by atoms with van der Waals surface area (Å²) >= 11 is 0. The number of aromatic nitrogens is 2. The quantitative estimate of drug-likeness (QED) is 0.674.